The number of rotatable bonds is 4. The third kappa shape index (κ3) is 2.61. The van der Waals surface area contributed by atoms with Crippen LogP contribution < -0.4 is 5.56 Å². The monoisotopic (exact) mass is 261 g/mol. The van der Waals surface area contributed by atoms with E-state index in [1.54, 1.807) is 12.1 Å². The molecule has 5 heteroatoms. The molecule has 0 amide bonds. The van der Waals surface area contributed by atoms with E-state index in [0.717, 1.165) is 18.8 Å². The summed E-state index contributed by atoms with van der Waals surface area (Å²) in [6.45, 7) is 8.37. The lowest BCUT2D eigenvalue weighted by atomic mass is 10.3. The van der Waals surface area contributed by atoms with Gasteiger partial charge in [-0.1, -0.05) is 13.8 Å². The van der Waals surface area contributed by atoms with Crippen LogP contribution in [0.15, 0.2) is 23.0 Å². The van der Waals surface area contributed by atoms with Gasteiger partial charge in [-0.05, 0) is 32.1 Å². The smallest absolute Gasteiger partial charge is 0.258 e. The molecule has 2 aromatic rings. The first kappa shape index (κ1) is 13.5. The van der Waals surface area contributed by atoms with E-state index in [-0.39, 0.29) is 11.3 Å². The normalized spacial score (nSPS) is 11.4. The Morgan fingerprint density at radius 1 is 1.32 bits per heavy atom. The van der Waals surface area contributed by atoms with E-state index in [1.165, 1.54) is 10.5 Å². The molecule has 2 aromatic heterocycles. The summed E-state index contributed by atoms with van der Waals surface area (Å²) in [5, 5.41) is 9.86. The maximum Gasteiger partial charge on any atom is 0.258 e. The highest BCUT2D eigenvalue weighted by molar-refractivity contribution is 5.53. The Balaban J connectivity index is 2.56. The number of hydrogen-bond acceptors (Lipinski definition) is 4. The van der Waals surface area contributed by atoms with Gasteiger partial charge < -0.3 is 5.11 Å². The molecule has 102 valence electrons. The standard InChI is InChI=1S/C14H19N3O2/c1-4-16(5-2)9-11-8-13(19)17-10(3)6-7-12(18)14(17)15-11/h6-8,18H,4-5,9H2,1-3H3. The van der Waals surface area contributed by atoms with Gasteiger partial charge in [0.15, 0.2) is 11.4 Å². The summed E-state index contributed by atoms with van der Waals surface area (Å²) in [4.78, 5) is 18.7. The highest BCUT2D eigenvalue weighted by atomic mass is 16.3. The van der Waals surface area contributed by atoms with Crippen LogP contribution >= 0.6 is 0 Å². The molecular formula is C14H19N3O2. The molecule has 0 aliphatic carbocycles. The van der Waals surface area contributed by atoms with E-state index in [2.05, 4.69) is 23.7 Å². The summed E-state index contributed by atoms with van der Waals surface area (Å²) < 4.78 is 1.43. The predicted octanol–water partition coefficient (Wildman–Crippen LogP) is 1.55. The molecule has 0 radical (unpaired) electrons. The van der Waals surface area contributed by atoms with Gasteiger partial charge in [0.25, 0.3) is 5.56 Å². The van der Waals surface area contributed by atoms with Gasteiger partial charge in [0.2, 0.25) is 0 Å². The zero-order valence-electron chi connectivity index (χ0n) is 11.6. The van der Waals surface area contributed by atoms with Crippen LogP contribution in [-0.4, -0.2) is 32.5 Å². The predicted molar refractivity (Wildman–Crippen MR) is 74.5 cm³/mol. The Labute approximate surface area is 112 Å². The Morgan fingerprint density at radius 2 is 2.00 bits per heavy atom. The van der Waals surface area contributed by atoms with E-state index in [0.29, 0.717) is 17.9 Å². The molecule has 0 fully saturated rings. The third-order valence-corrected chi connectivity index (χ3v) is 3.32. The van der Waals surface area contributed by atoms with Crippen LogP contribution in [0.3, 0.4) is 0 Å². The minimum absolute atomic E-state index is 0.0316. The van der Waals surface area contributed by atoms with Gasteiger partial charge in [0, 0.05) is 18.3 Å². The summed E-state index contributed by atoms with van der Waals surface area (Å²) in [5.74, 6) is 0.0316. The lowest BCUT2D eigenvalue weighted by Gasteiger charge is -2.17. The Morgan fingerprint density at radius 3 is 2.63 bits per heavy atom. The van der Waals surface area contributed by atoms with Crippen molar-refractivity contribution >= 4 is 5.65 Å². The maximum absolute atomic E-state index is 12.1. The Kier molecular flexibility index (Phi) is 3.85. The van der Waals surface area contributed by atoms with E-state index >= 15 is 0 Å². The van der Waals surface area contributed by atoms with Crippen molar-refractivity contribution in [1.29, 1.82) is 0 Å². The SMILES string of the molecule is CCN(CC)Cc1cc(=O)n2c(C)ccc(O)c2n1. The van der Waals surface area contributed by atoms with Gasteiger partial charge >= 0.3 is 0 Å². The number of aromatic nitrogens is 2. The fourth-order valence-electron chi connectivity index (χ4n) is 2.15. The van der Waals surface area contributed by atoms with Crippen molar-refractivity contribution in [3.05, 3.63) is 39.9 Å². The lowest BCUT2D eigenvalue weighted by molar-refractivity contribution is 0.292. The summed E-state index contributed by atoms with van der Waals surface area (Å²) in [7, 11) is 0. The number of nitrogens with zero attached hydrogens (tertiary/aromatic N) is 3. The Hall–Kier alpha value is -1.88. The first-order chi connectivity index (χ1) is 9.06. The quantitative estimate of drug-likeness (QED) is 0.907. The summed E-state index contributed by atoms with van der Waals surface area (Å²) >= 11 is 0. The molecule has 0 atom stereocenters. The van der Waals surface area contributed by atoms with Gasteiger partial charge in [-0.15, -0.1) is 0 Å². The summed E-state index contributed by atoms with van der Waals surface area (Å²) in [5.41, 5.74) is 1.63. The fourth-order valence-corrected chi connectivity index (χ4v) is 2.15. The minimum Gasteiger partial charge on any atom is -0.504 e. The molecule has 0 spiro atoms. The number of aromatic hydroxyl groups is 1. The molecule has 0 aliphatic heterocycles. The van der Waals surface area contributed by atoms with E-state index < -0.39 is 0 Å². The molecule has 0 bridgehead atoms. The minimum atomic E-state index is -0.152. The van der Waals surface area contributed by atoms with Crippen LogP contribution in [-0.2, 0) is 6.54 Å². The molecule has 0 saturated carbocycles. The van der Waals surface area contributed by atoms with Gasteiger partial charge in [-0.3, -0.25) is 14.1 Å². The first-order valence-corrected chi connectivity index (χ1v) is 6.50. The fraction of sp³-hybridized carbons (Fsp3) is 0.429. The van der Waals surface area contributed by atoms with Gasteiger partial charge in [-0.2, -0.15) is 0 Å². The molecule has 0 aromatic carbocycles. The highest BCUT2D eigenvalue weighted by Gasteiger charge is 2.10. The van der Waals surface area contributed by atoms with Crippen molar-refractivity contribution in [3.8, 4) is 5.75 Å². The second kappa shape index (κ2) is 5.40. The number of hydrogen-bond donors (Lipinski definition) is 1. The molecule has 1 N–H and O–H groups in total. The van der Waals surface area contributed by atoms with Crippen molar-refractivity contribution in [2.24, 2.45) is 0 Å². The van der Waals surface area contributed by atoms with E-state index in [4.69, 9.17) is 0 Å². The molecule has 0 unspecified atom stereocenters. The number of pyridine rings is 1. The topological polar surface area (TPSA) is 57.8 Å². The average Bonchev–Trinajstić information content (AvgIpc) is 2.40. The second-order valence-electron chi connectivity index (χ2n) is 4.57. The maximum atomic E-state index is 12.1. The largest absolute Gasteiger partial charge is 0.504 e. The van der Waals surface area contributed by atoms with Crippen molar-refractivity contribution < 1.29 is 5.11 Å². The molecule has 0 saturated heterocycles. The third-order valence-electron chi connectivity index (χ3n) is 3.32. The van der Waals surface area contributed by atoms with Crippen LogP contribution in [0, 0.1) is 6.92 Å². The Bertz CT molecular complexity index is 645. The summed E-state index contributed by atoms with van der Waals surface area (Å²) in [6.07, 6.45) is 0. The molecular weight excluding hydrogens is 242 g/mol. The van der Waals surface area contributed by atoms with Crippen LogP contribution in [0.5, 0.6) is 5.75 Å². The van der Waals surface area contributed by atoms with Crippen LogP contribution in [0.4, 0.5) is 0 Å². The number of fused-ring (bicyclic) bond motifs is 1. The van der Waals surface area contributed by atoms with Crippen molar-refractivity contribution in [1.82, 2.24) is 14.3 Å². The van der Waals surface area contributed by atoms with Crippen LogP contribution in [0.1, 0.15) is 25.2 Å². The zero-order valence-corrected chi connectivity index (χ0v) is 11.6. The second-order valence-corrected chi connectivity index (χ2v) is 4.57. The van der Waals surface area contributed by atoms with E-state index in [9.17, 15) is 9.90 Å². The van der Waals surface area contributed by atoms with Gasteiger partial charge in [0.05, 0.1) is 5.69 Å². The van der Waals surface area contributed by atoms with Gasteiger partial charge in [-0.25, -0.2) is 4.98 Å². The highest BCUT2D eigenvalue weighted by Crippen LogP contribution is 2.16. The van der Waals surface area contributed by atoms with Gasteiger partial charge in [0.1, 0.15) is 0 Å². The molecule has 2 heterocycles. The lowest BCUT2D eigenvalue weighted by Crippen LogP contribution is -2.25. The summed E-state index contributed by atoms with van der Waals surface area (Å²) in [6, 6.07) is 4.81. The van der Waals surface area contributed by atoms with Crippen molar-refractivity contribution in [2.75, 3.05) is 13.1 Å². The van der Waals surface area contributed by atoms with Crippen molar-refractivity contribution in [2.45, 2.75) is 27.3 Å². The molecule has 0 aliphatic rings. The zero-order chi connectivity index (χ0) is 14.0. The molecule has 19 heavy (non-hydrogen) atoms. The molecule has 5 nitrogen and oxygen atoms in total. The van der Waals surface area contributed by atoms with Crippen LogP contribution in [0.2, 0.25) is 0 Å². The molecule has 2 rings (SSSR count). The van der Waals surface area contributed by atoms with E-state index in [1.807, 2.05) is 6.92 Å². The van der Waals surface area contributed by atoms with Crippen molar-refractivity contribution in [3.63, 3.8) is 0 Å². The average molecular weight is 261 g/mol. The number of aryl methyl sites for hydroxylation is 1. The van der Waals surface area contributed by atoms with Crippen LogP contribution in [0.25, 0.3) is 5.65 Å². The first-order valence-electron chi connectivity index (χ1n) is 6.50.